The Hall–Kier alpha value is -0.510. The van der Waals surface area contributed by atoms with Crippen LogP contribution < -0.4 is 0 Å². The monoisotopic (exact) mass is 413 g/mol. The minimum Gasteiger partial charge on any atom is -0.198 e. The zero-order valence-electron chi connectivity index (χ0n) is 20.5. The summed E-state index contributed by atoms with van der Waals surface area (Å²) in [5.74, 6) is 2.63. The van der Waals surface area contributed by atoms with Gasteiger partial charge in [0, 0.05) is 0 Å². The smallest absolute Gasteiger partial charge is 0.0692 e. The van der Waals surface area contributed by atoms with Crippen LogP contribution in [0.2, 0.25) is 0 Å². The van der Waals surface area contributed by atoms with E-state index in [0.717, 1.165) is 11.8 Å². The molecule has 0 aromatic carbocycles. The Morgan fingerprint density at radius 3 is 1.93 bits per heavy atom. The summed E-state index contributed by atoms with van der Waals surface area (Å²) < 4.78 is 0. The quantitative estimate of drug-likeness (QED) is 0.327. The maximum Gasteiger partial charge on any atom is 0.0692 e. The van der Waals surface area contributed by atoms with E-state index in [0.29, 0.717) is 11.3 Å². The van der Waals surface area contributed by atoms with Gasteiger partial charge < -0.3 is 0 Å². The molecule has 0 atom stereocenters. The molecule has 0 radical (unpaired) electrons. The molecule has 0 bridgehead atoms. The summed E-state index contributed by atoms with van der Waals surface area (Å²) in [6.45, 7) is 4.65. The lowest BCUT2D eigenvalue weighted by Crippen LogP contribution is -2.43. The van der Waals surface area contributed by atoms with E-state index in [9.17, 15) is 5.26 Å². The highest BCUT2D eigenvalue weighted by Gasteiger charge is 2.49. The average molecular weight is 414 g/mol. The Bertz CT molecular complexity index is 507. The molecule has 0 heterocycles. The van der Waals surface area contributed by atoms with Gasteiger partial charge in [0.05, 0.1) is 11.5 Å². The van der Waals surface area contributed by atoms with Gasteiger partial charge >= 0.3 is 0 Å². The van der Waals surface area contributed by atoms with Gasteiger partial charge in [-0.05, 0) is 81.0 Å². The van der Waals surface area contributed by atoms with Crippen molar-refractivity contribution in [3.8, 4) is 6.07 Å². The van der Waals surface area contributed by atoms with E-state index in [4.69, 9.17) is 0 Å². The highest BCUT2D eigenvalue weighted by atomic mass is 14.5. The molecule has 30 heavy (non-hydrogen) atoms. The van der Waals surface area contributed by atoms with Crippen LogP contribution in [0.3, 0.4) is 0 Å². The van der Waals surface area contributed by atoms with Crippen LogP contribution in [0.1, 0.15) is 149 Å². The number of rotatable bonds is 10. The Kier molecular flexibility index (Phi) is 9.60. The summed E-state index contributed by atoms with van der Waals surface area (Å²) >= 11 is 0. The Morgan fingerprint density at radius 1 is 0.700 bits per heavy atom. The molecule has 1 heteroatoms. The number of nitriles is 1. The maximum absolute atomic E-state index is 10.4. The zero-order chi connectivity index (χ0) is 21.3. The molecule has 0 aromatic heterocycles. The van der Waals surface area contributed by atoms with Crippen LogP contribution in [0.15, 0.2) is 0 Å². The van der Waals surface area contributed by atoms with Crippen LogP contribution in [-0.2, 0) is 0 Å². The minimum absolute atomic E-state index is 0.0251. The first-order valence-corrected chi connectivity index (χ1v) is 14.1. The van der Waals surface area contributed by atoms with E-state index in [1.807, 2.05) is 0 Å². The van der Waals surface area contributed by atoms with Crippen LogP contribution >= 0.6 is 0 Å². The van der Waals surface area contributed by atoms with Gasteiger partial charge in [-0.1, -0.05) is 90.9 Å². The van der Waals surface area contributed by atoms with Crippen molar-refractivity contribution in [3.63, 3.8) is 0 Å². The van der Waals surface area contributed by atoms with E-state index in [2.05, 4.69) is 19.9 Å². The molecule has 3 rings (SSSR count). The van der Waals surface area contributed by atoms with E-state index in [-0.39, 0.29) is 5.41 Å². The third-order valence-corrected chi connectivity index (χ3v) is 9.95. The van der Waals surface area contributed by atoms with E-state index in [1.54, 1.807) is 0 Å². The summed E-state index contributed by atoms with van der Waals surface area (Å²) in [6.07, 6.45) is 29.3. The zero-order valence-corrected chi connectivity index (χ0v) is 20.5. The van der Waals surface area contributed by atoms with Crippen molar-refractivity contribution in [2.24, 2.45) is 28.6 Å². The Labute approximate surface area is 188 Å². The summed E-state index contributed by atoms with van der Waals surface area (Å²) in [5, 5.41) is 10.4. The number of hydrogen-bond acceptors (Lipinski definition) is 1. The molecule has 0 unspecified atom stereocenters. The van der Waals surface area contributed by atoms with Crippen molar-refractivity contribution in [1.82, 2.24) is 0 Å². The molecule has 0 aliphatic heterocycles. The Morgan fingerprint density at radius 2 is 1.33 bits per heavy atom. The second-order valence-corrected chi connectivity index (χ2v) is 11.6. The van der Waals surface area contributed by atoms with Crippen molar-refractivity contribution in [2.45, 2.75) is 149 Å². The molecular weight excluding hydrogens is 362 g/mol. The predicted molar refractivity (Wildman–Crippen MR) is 129 cm³/mol. The first-order valence-electron chi connectivity index (χ1n) is 14.1. The van der Waals surface area contributed by atoms with Gasteiger partial charge in [0.25, 0.3) is 0 Å². The van der Waals surface area contributed by atoms with Crippen molar-refractivity contribution in [2.75, 3.05) is 0 Å². The lowest BCUT2D eigenvalue weighted by Gasteiger charge is -2.52. The summed E-state index contributed by atoms with van der Waals surface area (Å²) in [4.78, 5) is 0. The lowest BCUT2D eigenvalue weighted by molar-refractivity contribution is -0.00800. The highest BCUT2D eigenvalue weighted by molar-refractivity contribution is 5.09. The van der Waals surface area contributed by atoms with Crippen molar-refractivity contribution >= 4 is 0 Å². The summed E-state index contributed by atoms with van der Waals surface area (Å²) in [5.41, 5.74) is 0.616. The molecule has 3 aliphatic rings. The molecular formula is C29H51N. The fourth-order valence-corrected chi connectivity index (χ4v) is 7.80. The van der Waals surface area contributed by atoms with Crippen molar-refractivity contribution in [1.29, 1.82) is 5.26 Å². The fourth-order valence-electron chi connectivity index (χ4n) is 7.80. The molecule has 3 fully saturated rings. The van der Waals surface area contributed by atoms with Gasteiger partial charge in [-0.2, -0.15) is 5.26 Å². The molecule has 0 saturated heterocycles. The highest BCUT2D eigenvalue weighted by Crippen LogP contribution is 2.59. The SMILES string of the molecule is CCCCCC1CCC(C2(C#N)CCC(CCCCC)(C3CCCCC3)CC2)CC1. The number of hydrogen-bond donors (Lipinski definition) is 0. The molecule has 0 aromatic rings. The van der Waals surface area contributed by atoms with Gasteiger partial charge in [-0.3, -0.25) is 0 Å². The van der Waals surface area contributed by atoms with Gasteiger partial charge in [-0.25, -0.2) is 0 Å². The van der Waals surface area contributed by atoms with Crippen LogP contribution in [0.4, 0.5) is 0 Å². The van der Waals surface area contributed by atoms with Gasteiger partial charge in [0.2, 0.25) is 0 Å². The first kappa shape index (κ1) is 24.1. The van der Waals surface area contributed by atoms with Crippen LogP contribution in [0.5, 0.6) is 0 Å². The average Bonchev–Trinajstić information content (AvgIpc) is 2.81. The molecule has 172 valence electrons. The standard InChI is InChI=1S/C29H51N/c1-3-5-8-12-25-15-17-27(18-16-25)29(24-30)22-20-28(21-23-29,19-11-6-4-2)26-13-9-7-10-14-26/h25-27H,3-23H2,1-2H3. The number of nitrogens with zero attached hydrogens (tertiary/aromatic N) is 1. The Balaban J connectivity index is 1.59. The van der Waals surface area contributed by atoms with E-state index >= 15 is 0 Å². The van der Waals surface area contributed by atoms with Gasteiger partial charge in [0.15, 0.2) is 0 Å². The lowest BCUT2D eigenvalue weighted by atomic mass is 9.52. The maximum atomic E-state index is 10.4. The van der Waals surface area contributed by atoms with E-state index in [1.165, 1.54) is 135 Å². The van der Waals surface area contributed by atoms with Crippen molar-refractivity contribution in [3.05, 3.63) is 0 Å². The van der Waals surface area contributed by atoms with Crippen LogP contribution in [0, 0.1) is 39.9 Å². The van der Waals surface area contributed by atoms with Gasteiger partial charge in [0.1, 0.15) is 0 Å². The van der Waals surface area contributed by atoms with Crippen LogP contribution in [-0.4, -0.2) is 0 Å². The second-order valence-electron chi connectivity index (χ2n) is 11.6. The minimum atomic E-state index is 0.0251. The van der Waals surface area contributed by atoms with E-state index < -0.39 is 0 Å². The fraction of sp³-hybridized carbons (Fsp3) is 0.966. The number of unbranched alkanes of at least 4 members (excludes halogenated alkanes) is 4. The van der Waals surface area contributed by atoms with Crippen molar-refractivity contribution < 1.29 is 0 Å². The first-order chi connectivity index (χ1) is 14.7. The van der Waals surface area contributed by atoms with Crippen LogP contribution in [0.25, 0.3) is 0 Å². The molecule has 3 saturated carbocycles. The third kappa shape index (κ3) is 5.84. The largest absolute Gasteiger partial charge is 0.198 e. The normalized spacial score (nSPS) is 35.8. The summed E-state index contributed by atoms with van der Waals surface area (Å²) in [7, 11) is 0. The molecule has 3 aliphatic carbocycles. The molecule has 0 amide bonds. The van der Waals surface area contributed by atoms with Gasteiger partial charge in [-0.15, -0.1) is 0 Å². The topological polar surface area (TPSA) is 23.8 Å². The third-order valence-electron chi connectivity index (χ3n) is 9.95. The molecule has 0 N–H and O–H groups in total. The summed E-state index contributed by atoms with van der Waals surface area (Å²) in [6, 6.07) is 2.96. The predicted octanol–water partition coefficient (Wildman–Crippen LogP) is 9.60. The molecule has 1 nitrogen and oxygen atoms in total. The second kappa shape index (κ2) is 11.9. The molecule has 0 spiro atoms.